The maximum absolute atomic E-state index is 9.11. The number of pyridine rings is 2. The number of rotatable bonds is 5. The molecule has 2 N–H and O–H groups in total. The van der Waals surface area contributed by atoms with E-state index in [0.29, 0.717) is 19.0 Å². The van der Waals surface area contributed by atoms with Crippen LogP contribution in [-0.2, 0) is 13.1 Å². The first-order valence-corrected chi connectivity index (χ1v) is 5.61. The van der Waals surface area contributed by atoms with Crippen LogP contribution in [0.15, 0.2) is 36.7 Å². The maximum Gasteiger partial charge on any atom is 0.213 e. The lowest BCUT2D eigenvalue weighted by Gasteiger charge is -2.05. The number of aromatic nitrogens is 2. The summed E-state index contributed by atoms with van der Waals surface area (Å²) < 4.78 is 5.05. The second kappa shape index (κ2) is 5.97. The summed E-state index contributed by atoms with van der Waals surface area (Å²) in [4.78, 5) is 8.14. The number of methoxy groups -OCH3 is 1. The molecule has 94 valence electrons. The van der Waals surface area contributed by atoms with Crippen LogP contribution in [0.2, 0.25) is 0 Å². The fourth-order valence-electron chi connectivity index (χ4n) is 1.53. The van der Waals surface area contributed by atoms with Crippen molar-refractivity contribution in [3.05, 3.63) is 47.9 Å². The predicted molar refractivity (Wildman–Crippen MR) is 67.2 cm³/mol. The van der Waals surface area contributed by atoms with Crippen molar-refractivity contribution < 1.29 is 9.84 Å². The van der Waals surface area contributed by atoms with Crippen molar-refractivity contribution in [2.45, 2.75) is 13.1 Å². The van der Waals surface area contributed by atoms with Crippen LogP contribution in [0.1, 0.15) is 11.3 Å². The van der Waals surface area contributed by atoms with Gasteiger partial charge in [0.25, 0.3) is 0 Å². The maximum atomic E-state index is 9.11. The molecule has 5 nitrogen and oxygen atoms in total. The molecular formula is C13H15N3O2. The van der Waals surface area contributed by atoms with Gasteiger partial charge in [0.1, 0.15) is 5.75 Å². The van der Waals surface area contributed by atoms with Crippen molar-refractivity contribution >= 4 is 0 Å². The van der Waals surface area contributed by atoms with Gasteiger partial charge in [-0.05, 0) is 23.8 Å². The molecule has 0 aliphatic rings. The van der Waals surface area contributed by atoms with Crippen molar-refractivity contribution in [2.75, 3.05) is 7.11 Å². The molecule has 0 saturated heterocycles. The van der Waals surface area contributed by atoms with E-state index in [1.54, 1.807) is 25.4 Å². The highest BCUT2D eigenvalue weighted by Gasteiger charge is 1.98. The molecule has 2 rings (SSSR count). The molecule has 5 heteroatoms. The molecule has 18 heavy (non-hydrogen) atoms. The van der Waals surface area contributed by atoms with Crippen LogP contribution in [-0.4, -0.2) is 22.2 Å². The Kier molecular flexibility index (Phi) is 4.09. The van der Waals surface area contributed by atoms with Crippen molar-refractivity contribution in [1.29, 1.82) is 0 Å². The lowest BCUT2D eigenvalue weighted by Crippen LogP contribution is -2.13. The molecule has 0 atom stereocenters. The van der Waals surface area contributed by atoms with Crippen LogP contribution < -0.4 is 10.1 Å². The van der Waals surface area contributed by atoms with E-state index in [4.69, 9.17) is 9.84 Å². The standard InChI is InChI=1S/C13H15N3O2/c1-18-13-6-10(4-5-15-13)7-14-8-11-2-3-12(17)9-16-11/h2-6,9,14,17H,7-8H2,1H3. The number of hydrogen-bond acceptors (Lipinski definition) is 5. The van der Waals surface area contributed by atoms with Crippen LogP contribution in [0.4, 0.5) is 0 Å². The van der Waals surface area contributed by atoms with Crippen LogP contribution in [0.25, 0.3) is 0 Å². The van der Waals surface area contributed by atoms with Gasteiger partial charge in [0.2, 0.25) is 5.88 Å². The summed E-state index contributed by atoms with van der Waals surface area (Å²) >= 11 is 0. The highest BCUT2D eigenvalue weighted by molar-refractivity contribution is 5.21. The third-order valence-electron chi connectivity index (χ3n) is 2.45. The van der Waals surface area contributed by atoms with E-state index >= 15 is 0 Å². The largest absolute Gasteiger partial charge is 0.506 e. The minimum atomic E-state index is 0.178. The van der Waals surface area contributed by atoms with E-state index in [2.05, 4.69) is 15.3 Å². The second-order valence-electron chi connectivity index (χ2n) is 3.82. The fourth-order valence-corrected chi connectivity index (χ4v) is 1.53. The molecule has 0 aliphatic heterocycles. The van der Waals surface area contributed by atoms with E-state index < -0.39 is 0 Å². The molecule has 2 heterocycles. The van der Waals surface area contributed by atoms with Crippen molar-refractivity contribution in [3.63, 3.8) is 0 Å². The van der Waals surface area contributed by atoms with Gasteiger partial charge in [0, 0.05) is 25.4 Å². The van der Waals surface area contributed by atoms with Crippen molar-refractivity contribution in [2.24, 2.45) is 0 Å². The zero-order valence-corrected chi connectivity index (χ0v) is 10.1. The van der Waals surface area contributed by atoms with Gasteiger partial charge in [-0.2, -0.15) is 0 Å². The lowest BCUT2D eigenvalue weighted by molar-refractivity contribution is 0.397. The molecule has 0 unspecified atom stereocenters. The fraction of sp³-hybridized carbons (Fsp3) is 0.231. The zero-order chi connectivity index (χ0) is 12.8. The third kappa shape index (κ3) is 3.43. The Morgan fingerprint density at radius 2 is 2.11 bits per heavy atom. The molecule has 0 amide bonds. The molecule has 0 radical (unpaired) electrons. The average Bonchev–Trinajstić information content (AvgIpc) is 2.41. The Bertz CT molecular complexity index is 500. The number of nitrogens with one attached hydrogen (secondary N) is 1. The summed E-state index contributed by atoms with van der Waals surface area (Å²) in [6.45, 7) is 1.35. The first-order valence-electron chi connectivity index (χ1n) is 5.61. The monoisotopic (exact) mass is 245 g/mol. The quantitative estimate of drug-likeness (QED) is 0.835. The summed E-state index contributed by atoms with van der Waals surface area (Å²) in [5.41, 5.74) is 1.98. The third-order valence-corrected chi connectivity index (χ3v) is 2.45. The summed E-state index contributed by atoms with van der Waals surface area (Å²) in [6, 6.07) is 7.23. The first kappa shape index (κ1) is 12.3. The van der Waals surface area contributed by atoms with Gasteiger partial charge in [-0.15, -0.1) is 0 Å². The Hall–Kier alpha value is -2.14. The average molecular weight is 245 g/mol. The van der Waals surface area contributed by atoms with E-state index in [1.165, 1.54) is 6.20 Å². The SMILES string of the molecule is COc1cc(CNCc2ccc(O)cn2)ccn1. The minimum absolute atomic E-state index is 0.178. The summed E-state index contributed by atoms with van der Waals surface area (Å²) in [6.07, 6.45) is 3.15. The second-order valence-corrected chi connectivity index (χ2v) is 3.82. The molecule has 0 aromatic carbocycles. The Morgan fingerprint density at radius 3 is 2.83 bits per heavy atom. The summed E-state index contributed by atoms with van der Waals surface area (Å²) in [5, 5.41) is 12.4. The van der Waals surface area contributed by atoms with E-state index in [9.17, 15) is 0 Å². The molecule has 0 fully saturated rings. The molecule has 2 aromatic heterocycles. The summed E-state index contributed by atoms with van der Waals surface area (Å²) in [5.74, 6) is 0.787. The number of hydrogen-bond donors (Lipinski definition) is 2. The van der Waals surface area contributed by atoms with E-state index in [0.717, 1.165) is 11.3 Å². The summed E-state index contributed by atoms with van der Waals surface area (Å²) in [7, 11) is 1.60. The molecule has 0 aliphatic carbocycles. The van der Waals surface area contributed by atoms with Gasteiger partial charge in [-0.1, -0.05) is 0 Å². The predicted octanol–water partition coefficient (Wildman–Crippen LogP) is 1.48. The normalized spacial score (nSPS) is 10.3. The van der Waals surface area contributed by atoms with Crippen LogP contribution >= 0.6 is 0 Å². The Balaban J connectivity index is 1.86. The number of ether oxygens (including phenoxy) is 1. The van der Waals surface area contributed by atoms with E-state index in [1.807, 2.05) is 12.1 Å². The van der Waals surface area contributed by atoms with Crippen molar-refractivity contribution in [1.82, 2.24) is 15.3 Å². The van der Waals surface area contributed by atoms with Gasteiger partial charge >= 0.3 is 0 Å². The van der Waals surface area contributed by atoms with Gasteiger partial charge in [-0.25, -0.2) is 4.98 Å². The van der Waals surface area contributed by atoms with Crippen LogP contribution in [0.5, 0.6) is 11.6 Å². The smallest absolute Gasteiger partial charge is 0.213 e. The zero-order valence-electron chi connectivity index (χ0n) is 10.1. The van der Waals surface area contributed by atoms with E-state index in [-0.39, 0.29) is 5.75 Å². The van der Waals surface area contributed by atoms with Crippen LogP contribution in [0.3, 0.4) is 0 Å². The number of nitrogens with zero attached hydrogens (tertiary/aromatic N) is 2. The lowest BCUT2D eigenvalue weighted by atomic mass is 10.2. The molecule has 0 saturated carbocycles. The van der Waals surface area contributed by atoms with Gasteiger partial charge < -0.3 is 15.2 Å². The molecular weight excluding hydrogens is 230 g/mol. The molecule has 0 bridgehead atoms. The Labute approximate surface area is 105 Å². The number of aromatic hydroxyl groups is 1. The topological polar surface area (TPSA) is 67.3 Å². The highest BCUT2D eigenvalue weighted by Crippen LogP contribution is 2.09. The molecule has 2 aromatic rings. The van der Waals surface area contributed by atoms with Crippen LogP contribution in [0, 0.1) is 0 Å². The van der Waals surface area contributed by atoms with Crippen molar-refractivity contribution in [3.8, 4) is 11.6 Å². The highest BCUT2D eigenvalue weighted by atomic mass is 16.5. The first-order chi connectivity index (χ1) is 8.78. The Morgan fingerprint density at radius 1 is 1.22 bits per heavy atom. The molecule has 0 spiro atoms. The van der Waals surface area contributed by atoms with Gasteiger partial charge in [-0.3, -0.25) is 4.98 Å². The minimum Gasteiger partial charge on any atom is -0.506 e. The van der Waals surface area contributed by atoms with Gasteiger partial charge in [0.15, 0.2) is 0 Å². The van der Waals surface area contributed by atoms with Gasteiger partial charge in [0.05, 0.1) is 19.0 Å².